The van der Waals surface area contributed by atoms with E-state index in [1.807, 2.05) is 0 Å². The Bertz CT molecular complexity index is 1970. The van der Waals surface area contributed by atoms with Crippen LogP contribution in [0.5, 0.6) is 0 Å². The lowest BCUT2D eigenvalue weighted by atomic mass is 10.1. The van der Waals surface area contributed by atoms with Crippen molar-refractivity contribution in [1.29, 1.82) is 0 Å². The van der Waals surface area contributed by atoms with E-state index < -0.39 is 0 Å². The molecule has 0 aliphatic carbocycles. The normalized spacial score (nSPS) is 12.9. The van der Waals surface area contributed by atoms with Gasteiger partial charge >= 0.3 is 0 Å². The molecular formula is C33H25N3. The summed E-state index contributed by atoms with van der Waals surface area (Å²) in [5.41, 5.74) is 10.0. The number of rotatable bonds is 2. The van der Waals surface area contributed by atoms with Gasteiger partial charge in [-0.1, -0.05) is 60.7 Å². The standard InChI is InChI=1S/C33H25N3/c1-21(2)34-28-16-8-9-17-29(28)36-32-19-25-23-13-6-7-15-27(23)35(22-11-4-3-5-12-22)31(25)20-26(32)24-14-10-18-30(34)33(24)36/h3-21H,1-2H3. The molecule has 7 aromatic rings. The average Bonchev–Trinajstić information content (AvgIpc) is 3.41. The SMILES string of the molecule is CC(C)N1c2ccccc2-n2c3cc4c5ccccc5n(-c5ccccc5)c4cc3c3cccc1c32. The summed E-state index contributed by atoms with van der Waals surface area (Å²) in [6, 6.07) is 40.2. The van der Waals surface area contributed by atoms with E-state index in [1.165, 1.54) is 66.4 Å². The molecule has 172 valence electrons. The highest BCUT2D eigenvalue weighted by molar-refractivity contribution is 6.21. The molecule has 0 spiro atoms. The van der Waals surface area contributed by atoms with Gasteiger partial charge in [-0.2, -0.15) is 0 Å². The minimum atomic E-state index is 0.356. The molecule has 0 N–H and O–H groups in total. The molecule has 0 unspecified atom stereocenters. The molecule has 3 heterocycles. The summed E-state index contributed by atoms with van der Waals surface area (Å²) in [7, 11) is 0. The van der Waals surface area contributed by atoms with Crippen molar-refractivity contribution in [3.05, 3.63) is 109 Å². The molecule has 0 saturated heterocycles. The molecule has 0 atom stereocenters. The van der Waals surface area contributed by atoms with Crippen LogP contribution in [-0.4, -0.2) is 15.2 Å². The predicted octanol–water partition coefficient (Wildman–Crippen LogP) is 8.74. The Balaban J connectivity index is 1.59. The highest BCUT2D eigenvalue weighted by atomic mass is 15.2. The monoisotopic (exact) mass is 463 g/mol. The summed E-state index contributed by atoms with van der Waals surface area (Å²) >= 11 is 0. The lowest BCUT2D eigenvalue weighted by Gasteiger charge is -2.35. The van der Waals surface area contributed by atoms with Gasteiger partial charge in [0.25, 0.3) is 0 Å². The van der Waals surface area contributed by atoms with Crippen LogP contribution >= 0.6 is 0 Å². The first-order chi connectivity index (χ1) is 17.7. The molecule has 3 nitrogen and oxygen atoms in total. The molecule has 0 amide bonds. The van der Waals surface area contributed by atoms with Gasteiger partial charge in [0, 0.05) is 33.3 Å². The quantitative estimate of drug-likeness (QED) is 0.250. The summed E-state index contributed by atoms with van der Waals surface area (Å²) in [5.74, 6) is 0. The van der Waals surface area contributed by atoms with Crippen molar-refractivity contribution in [2.45, 2.75) is 19.9 Å². The fourth-order valence-electron chi connectivity index (χ4n) is 6.35. The van der Waals surface area contributed by atoms with Gasteiger partial charge in [0.2, 0.25) is 0 Å². The third-order valence-electron chi connectivity index (χ3n) is 7.73. The van der Waals surface area contributed by atoms with E-state index in [0.29, 0.717) is 6.04 Å². The van der Waals surface area contributed by atoms with Crippen molar-refractivity contribution in [2.24, 2.45) is 0 Å². The van der Waals surface area contributed by atoms with E-state index in [2.05, 4.69) is 137 Å². The van der Waals surface area contributed by atoms with E-state index in [0.717, 1.165) is 0 Å². The maximum Gasteiger partial charge on any atom is 0.0779 e. The van der Waals surface area contributed by atoms with Crippen molar-refractivity contribution in [3.8, 4) is 11.4 Å². The Morgan fingerprint density at radius 2 is 1.08 bits per heavy atom. The van der Waals surface area contributed by atoms with Crippen molar-refractivity contribution in [3.63, 3.8) is 0 Å². The number of benzene rings is 5. The Hall–Kier alpha value is -4.50. The van der Waals surface area contributed by atoms with Gasteiger partial charge in [-0.25, -0.2) is 0 Å². The molecule has 1 aliphatic rings. The molecule has 0 radical (unpaired) electrons. The number of hydrogen-bond donors (Lipinski definition) is 0. The second-order valence-corrected chi connectivity index (χ2v) is 10.0. The Kier molecular flexibility index (Phi) is 3.85. The minimum Gasteiger partial charge on any atom is -0.335 e. The van der Waals surface area contributed by atoms with Crippen molar-refractivity contribution < 1.29 is 0 Å². The van der Waals surface area contributed by atoms with Crippen LogP contribution in [0.4, 0.5) is 11.4 Å². The van der Waals surface area contributed by atoms with E-state index in [1.54, 1.807) is 0 Å². The summed E-state index contributed by atoms with van der Waals surface area (Å²) in [6.07, 6.45) is 0. The highest BCUT2D eigenvalue weighted by Gasteiger charge is 2.29. The van der Waals surface area contributed by atoms with Gasteiger partial charge in [0.1, 0.15) is 0 Å². The lowest BCUT2D eigenvalue weighted by molar-refractivity contribution is 0.781. The van der Waals surface area contributed by atoms with Crippen LogP contribution < -0.4 is 4.90 Å². The topological polar surface area (TPSA) is 13.1 Å². The average molecular weight is 464 g/mol. The molecule has 36 heavy (non-hydrogen) atoms. The first-order valence-corrected chi connectivity index (χ1v) is 12.7. The second kappa shape index (κ2) is 7.02. The number of aromatic nitrogens is 2. The Morgan fingerprint density at radius 3 is 1.89 bits per heavy atom. The van der Waals surface area contributed by atoms with E-state index >= 15 is 0 Å². The van der Waals surface area contributed by atoms with Gasteiger partial charge in [-0.3, -0.25) is 0 Å². The first kappa shape index (κ1) is 19.8. The van der Waals surface area contributed by atoms with Crippen LogP contribution in [0.25, 0.3) is 55.0 Å². The maximum absolute atomic E-state index is 2.49. The molecule has 8 rings (SSSR count). The number of para-hydroxylation sites is 5. The molecule has 0 saturated carbocycles. The van der Waals surface area contributed by atoms with Crippen LogP contribution in [-0.2, 0) is 0 Å². The largest absolute Gasteiger partial charge is 0.335 e. The maximum atomic E-state index is 2.49. The smallest absolute Gasteiger partial charge is 0.0779 e. The molecule has 5 aromatic carbocycles. The zero-order chi connectivity index (χ0) is 24.0. The second-order valence-electron chi connectivity index (χ2n) is 10.0. The summed E-state index contributed by atoms with van der Waals surface area (Å²) < 4.78 is 4.90. The van der Waals surface area contributed by atoms with Gasteiger partial charge < -0.3 is 14.0 Å². The Morgan fingerprint density at radius 1 is 0.472 bits per heavy atom. The van der Waals surface area contributed by atoms with E-state index in [9.17, 15) is 0 Å². The van der Waals surface area contributed by atoms with E-state index in [-0.39, 0.29) is 0 Å². The minimum absolute atomic E-state index is 0.356. The third-order valence-corrected chi connectivity index (χ3v) is 7.73. The molecule has 3 heteroatoms. The number of hydrogen-bond acceptors (Lipinski definition) is 1. The first-order valence-electron chi connectivity index (χ1n) is 12.7. The van der Waals surface area contributed by atoms with Gasteiger partial charge in [0.15, 0.2) is 0 Å². The van der Waals surface area contributed by atoms with Crippen LogP contribution in [0.3, 0.4) is 0 Å². The molecule has 2 aromatic heterocycles. The zero-order valence-electron chi connectivity index (χ0n) is 20.3. The van der Waals surface area contributed by atoms with Gasteiger partial charge in [-0.15, -0.1) is 0 Å². The van der Waals surface area contributed by atoms with Crippen molar-refractivity contribution >= 4 is 55.0 Å². The molecule has 1 aliphatic heterocycles. The van der Waals surface area contributed by atoms with Crippen LogP contribution in [0.15, 0.2) is 109 Å². The van der Waals surface area contributed by atoms with E-state index in [4.69, 9.17) is 0 Å². The van der Waals surface area contributed by atoms with Crippen LogP contribution in [0.2, 0.25) is 0 Å². The van der Waals surface area contributed by atoms with Crippen molar-refractivity contribution in [1.82, 2.24) is 9.13 Å². The number of fused-ring (bicyclic) bond motifs is 8. The lowest BCUT2D eigenvalue weighted by Crippen LogP contribution is -2.29. The summed E-state index contributed by atoms with van der Waals surface area (Å²) in [4.78, 5) is 2.48. The summed E-state index contributed by atoms with van der Waals surface area (Å²) in [6.45, 7) is 4.55. The van der Waals surface area contributed by atoms with Gasteiger partial charge in [-0.05, 0) is 62.4 Å². The number of nitrogens with zero attached hydrogens (tertiary/aromatic N) is 3. The van der Waals surface area contributed by atoms with Crippen LogP contribution in [0, 0.1) is 0 Å². The fourth-order valence-corrected chi connectivity index (χ4v) is 6.35. The third kappa shape index (κ3) is 2.42. The zero-order valence-corrected chi connectivity index (χ0v) is 20.3. The van der Waals surface area contributed by atoms with Gasteiger partial charge in [0.05, 0.1) is 39.1 Å². The summed E-state index contributed by atoms with van der Waals surface area (Å²) in [5, 5.41) is 5.16. The highest BCUT2D eigenvalue weighted by Crippen LogP contribution is 2.48. The molecular weight excluding hydrogens is 438 g/mol. The number of anilines is 2. The predicted molar refractivity (Wildman–Crippen MR) is 152 cm³/mol. The molecule has 0 fully saturated rings. The fraction of sp³-hybridized carbons (Fsp3) is 0.0909. The molecule has 0 bridgehead atoms. The Labute approximate surface area is 209 Å². The van der Waals surface area contributed by atoms with Crippen molar-refractivity contribution in [2.75, 3.05) is 4.90 Å². The van der Waals surface area contributed by atoms with Crippen LogP contribution in [0.1, 0.15) is 13.8 Å².